The summed E-state index contributed by atoms with van der Waals surface area (Å²) in [4.78, 5) is 4.37. The van der Waals surface area contributed by atoms with E-state index in [1.54, 1.807) is 6.08 Å². The molecule has 0 saturated carbocycles. The van der Waals surface area contributed by atoms with Crippen LogP contribution in [-0.4, -0.2) is 18.1 Å². The molecule has 0 spiro atoms. The Morgan fingerprint density at radius 3 is 3.00 bits per heavy atom. The molecular weight excluding hydrogens is 200 g/mol. The number of aromatic nitrogens is 1. The first kappa shape index (κ1) is 12.7. The largest absolute Gasteiger partial charge is 0.473 e. The summed E-state index contributed by atoms with van der Waals surface area (Å²) in [6.07, 6.45) is 1.71. The molecule has 0 aliphatic rings. The Hall–Kier alpha value is -1.35. The van der Waals surface area contributed by atoms with Crippen LogP contribution < -0.4 is 10.1 Å². The predicted octanol–water partition coefficient (Wildman–Crippen LogP) is 2.39. The number of rotatable bonds is 7. The molecule has 0 bridgehead atoms. The standard InChI is InChI=1S/C13H20N2O/c1-4-8-16-13-7-5-6-12(15-13)10-14-9-11(2)3/h4-7,11,14H,1,8-10H2,2-3H3. The van der Waals surface area contributed by atoms with E-state index < -0.39 is 0 Å². The molecule has 0 saturated heterocycles. The highest BCUT2D eigenvalue weighted by Gasteiger charge is 1.98. The lowest BCUT2D eigenvalue weighted by atomic mass is 10.2. The lowest BCUT2D eigenvalue weighted by Crippen LogP contribution is -2.19. The van der Waals surface area contributed by atoms with Crippen molar-refractivity contribution in [3.63, 3.8) is 0 Å². The molecule has 3 heteroatoms. The average Bonchev–Trinajstić information content (AvgIpc) is 2.26. The Labute approximate surface area is 97.5 Å². The molecule has 1 N–H and O–H groups in total. The van der Waals surface area contributed by atoms with Crippen LogP contribution >= 0.6 is 0 Å². The van der Waals surface area contributed by atoms with Gasteiger partial charge in [-0.25, -0.2) is 4.98 Å². The maximum atomic E-state index is 5.37. The Bertz CT molecular complexity index is 323. The van der Waals surface area contributed by atoms with Gasteiger partial charge in [0.05, 0.1) is 5.69 Å². The van der Waals surface area contributed by atoms with E-state index in [0.29, 0.717) is 18.4 Å². The highest BCUT2D eigenvalue weighted by atomic mass is 16.5. The number of hydrogen-bond donors (Lipinski definition) is 1. The van der Waals surface area contributed by atoms with Gasteiger partial charge in [-0.1, -0.05) is 32.6 Å². The van der Waals surface area contributed by atoms with Crippen LogP contribution in [0.1, 0.15) is 19.5 Å². The van der Waals surface area contributed by atoms with Crippen molar-refractivity contribution in [1.29, 1.82) is 0 Å². The SMILES string of the molecule is C=CCOc1cccc(CNCC(C)C)n1. The molecule has 1 aromatic heterocycles. The van der Waals surface area contributed by atoms with Crippen molar-refractivity contribution in [2.75, 3.05) is 13.2 Å². The number of nitrogens with one attached hydrogen (secondary N) is 1. The smallest absolute Gasteiger partial charge is 0.213 e. The van der Waals surface area contributed by atoms with Crippen LogP contribution in [0.2, 0.25) is 0 Å². The van der Waals surface area contributed by atoms with Crippen molar-refractivity contribution in [2.45, 2.75) is 20.4 Å². The Morgan fingerprint density at radius 1 is 1.50 bits per heavy atom. The van der Waals surface area contributed by atoms with Crippen LogP contribution in [0.25, 0.3) is 0 Å². The minimum atomic E-state index is 0.496. The molecule has 1 aromatic rings. The molecule has 0 unspecified atom stereocenters. The van der Waals surface area contributed by atoms with Gasteiger partial charge in [-0.3, -0.25) is 0 Å². The third-order valence-corrected chi connectivity index (χ3v) is 1.99. The van der Waals surface area contributed by atoms with Crippen molar-refractivity contribution < 1.29 is 4.74 Å². The molecule has 16 heavy (non-hydrogen) atoms. The van der Waals surface area contributed by atoms with Crippen LogP contribution in [0, 0.1) is 5.92 Å². The van der Waals surface area contributed by atoms with Gasteiger partial charge in [0.25, 0.3) is 0 Å². The van der Waals surface area contributed by atoms with Crippen molar-refractivity contribution >= 4 is 0 Å². The predicted molar refractivity (Wildman–Crippen MR) is 66.5 cm³/mol. The molecule has 0 aromatic carbocycles. The monoisotopic (exact) mass is 220 g/mol. The second-order valence-corrected chi connectivity index (χ2v) is 4.09. The van der Waals surface area contributed by atoms with Gasteiger partial charge < -0.3 is 10.1 Å². The van der Waals surface area contributed by atoms with Crippen molar-refractivity contribution in [3.05, 3.63) is 36.5 Å². The van der Waals surface area contributed by atoms with E-state index in [4.69, 9.17) is 4.74 Å². The topological polar surface area (TPSA) is 34.1 Å². The lowest BCUT2D eigenvalue weighted by Gasteiger charge is -2.08. The molecule has 0 fully saturated rings. The molecule has 0 aliphatic heterocycles. The van der Waals surface area contributed by atoms with Gasteiger partial charge in [-0.2, -0.15) is 0 Å². The van der Waals surface area contributed by atoms with Gasteiger partial charge in [0.15, 0.2) is 0 Å². The Kier molecular flexibility index (Phi) is 5.57. The Balaban J connectivity index is 2.43. The second-order valence-electron chi connectivity index (χ2n) is 4.09. The lowest BCUT2D eigenvalue weighted by molar-refractivity contribution is 0.347. The van der Waals surface area contributed by atoms with Crippen LogP contribution in [0.15, 0.2) is 30.9 Å². The summed E-state index contributed by atoms with van der Waals surface area (Å²) in [6.45, 7) is 10.2. The number of ether oxygens (including phenoxy) is 1. The summed E-state index contributed by atoms with van der Waals surface area (Å²) in [5.41, 5.74) is 1.00. The normalized spacial score (nSPS) is 10.4. The fourth-order valence-corrected chi connectivity index (χ4v) is 1.27. The van der Waals surface area contributed by atoms with Gasteiger partial charge in [0, 0.05) is 12.6 Å². The van der Waals surface area contributed by atoms with Gasteiger partial charge in [0.1, 0.15) is 6.61 Å². The van der Waals surface area contributed by atoms with E-state index in [0.717, 1.165) is 18.8 Å². The molecule has 88 valence electrons. The summed E-state index contributed by atoms with van der Waals surface area (Å²) in [5, 5.41) is 3.35. The number of nitrogens with zero attached hydrogens (tertiary/aromatic N) is 1. The summed E-state index contributed by atoms with van der Waals surface area (Å²) >= 11 is 0. The van der Waals surface area contributed by atoms with Crippen molar-refractivity contribution in [1.82, 2.24) is 10.3 Å². The van der Waals surface area contributed by atoms with Gasteiger partial charge in [-0.05, 0) is 18.5 Å². The van der Waals surface area contributed by atoms with E-state index >= 15 is 0 Å². The third kappa shape index (κ3) is 4.94. The highest BCUT2D eigenvalue weighted by molar-refractivity contribution is 5.15. The van der Waals surface area contributed by atoms with E-state index in [9.17, 15) is 0 Å². The molecule has 0 amide bonds. The van der Waals surface area contributed by atoms with E-state index in [1.807, 2.05) is 18.2 Å². The summed E-state index contributed by atoms with van der Waals surface area (Å²) in [5.74, 6) is 1.31. The van der Waals surface area contributed by atoms with Crippen LogP contribution in [0.5, 0.6) is 5.88 Å². The second kappa shape index (κ2) is 7.01. The van der Waals surface area contributed by atoms with Gasteiger partial charge >= 0.3 is 0 Å². The van der Waals surface area contributed by atoms with Crippen molar-refractivity contribution in [3.8, 4) is 5.88 Å². The fourth-order valence-electron chi connectivity index (χ4n) is 1.27. The van der Waals surface area contributed by atoms with Gasteiger partial charge in [-0.15, -0.1) is 0 Å². The minimum Gasteiger partial charge on any atom is -0.473 e. The van der Waals surface area contributed by atoms with E-state index in [-0.39, 0.29) is 0 Å². The molecule has 1 heterocycles. The van der Waals surface area contributed by atoms with Crippen LogP contribution in [0.3, 0.4) is 0 Å². The van der Waals surface area contributed by atoms with Crippen LogP contribution in [0.4, 0.5) is 0 Å². The molecule has 0 radical (unpaired) electrons. The third-order valence-electron chi connectivity index (χ3n) is 1.99. The summed E-state index contributed by atoms with van der Waals surface area (Å²) in [6, 6.07) is 5.81. The first-order valence-electron chi connectivity index (χ1n) is 5.62. The van der Waals surface area contributed by atoms with Crippen molar-refractivity contribution in [2.24, 2.45) is 5.92 Å². The molecule has 0 aliphatic carbocycles. The fraction of sp³-hybridized carbons (Fsp3) is 0.462. The zero-order valence-corrected chi connectivity index (χ0v) is 10.1. The summed E-state index contributed by atoms with van der Waals surface area (Å²) < 4.78 is 5.37. The quantitative estimate of drug-likeness (QED) is 0.716. The molecule has 0 atom stereocenters. The van der Waals surface area contributed by atoms with Crippen LogP contribution in [-0.2, 0) is 6.54 Å². The van der Waals surface area contributed by atoms with E-state index in [1.165, 1.54) is 0 Å². The number of hydrogen-bond acceptors (Lipinski definition) is 3. The first-order chi connectivity index (χ1) is 7.72. The average molecular weight is 220 g/mol. The molecular formula is C13H20N2O. The highest BCUT2D eigenvalue weighted by Crippen LogP contribution is 2.07. The zero-order chi connectivity index (χ0) is 11.8. The molecule has 3 nitrogen and oxygen atoms in total. The Morgan fingerprint density at radius 2 is 2.31 bits per heavy atom. The first-order valence-corrected chi connectivity index (χ1v) is 5.62. The molecule has 1 rings (SSSR count). The van der Waals surface area contributed by atoms with Gasteiger partial charge in [0.2, 0.25) is 5.88 Å². The zero-order valence-electron chi connectivity index (χ0n) is 10.1. The summed E-state index contributed by atoms with van der Waals surface area (Å²) in [7, 11) is 0. The minimum absolute atomic E-state index is 0.496. The maximum Gasteiger partial charge on any atom is 0.213 e. The van der Waals surface area contributed by atoms with E-state index in [2.05, 4.69) is 30.7 Å². The maximum absolute atomic E-state index is 5.37. The number of pyridine rings is 1.